The number of hydrogen-bond acceptors (Lipinski definition) is 8. The molecule has 0 aromatic heterocycles. The van der Waals surface area contributed by atoms with Crippen molar-refractivity contribution in [2.24, 2.45) is 4.99 Å². The molecule has 2 heterocycles. The second-order valence-electron chi connectivity index (χ2n) is 8.74. The highest BCUT2D eigenvalue weighted by molar-refractivity contribution is 9.10. The molecule has 8 nitrogen and oxygen atoms in total. The van der Waals surface area contributed by atoms with E-state index in [9.17, 15) is 9.59 Å². The Morgan fingerprint density at radius 1 is 1.08 bits per heavy atom. The number of anilines is 1. The molecule has 2 fully saturated rings. The van der Waals surface area contributed by atoms with Gasteiger partial charge in [-0.1, -0.05) is 15.9 Å². The van der Waals surface area contributed by atoms with Gasteiger partial charge in [-0.25, -0.2) is 9.79 Å². The largest absolute Gasteiger partial charge is 0.490 e. The monoisotopic (exact) mass is 601 g/mol. The van der Waals surface area contributed by atoms with Gasteiger partial charge < -0.3 is 19.1 Å². The number of ether oxygens (including phenoxy) is 3. The van der Waals surface area contributed by atoms with Crippen molar-refractivity contribution in [2.75, 3.05) is 44.9 Å². The SMILES string of the molecule is CCOc1cc(/C=C2\SC(=Nc3ccc(N4CCCCC4)cc3)N(CC)C2=O)c(Br)cc1OCC(=O)OC. The standard InChI is InChI=1S/C28H32BrN3O5S/c1-4-32-27(34)25(16-19-15-23(36-5-2)24(17-22(19)29)37-18-26(33)35-3)38-28(32)30-20-9-11-21(12-10-20)31-13-7-6-8-14-31/h9-12,15-17H,4-8,13-14,18H2,1-3H3/b25-16-,30-28?. The van der Waals surface area contributed by atoms with E-state index >= 15 is 0 Å². The maximum Gasteiger partial charge on any atom is 0.343 e. The number of amidine groups is 1. The van der Waals surface area contributed by atoms with E-state index in [0.29, 0.717) is 39.2 Å². The normalized spacial score (nSPS) is 17.8. The number of hydrogen-bond donors (Lipinski definition) is 0. The molecule has 38 heavy (non-hydrogen) atoms. The van der Waals surface area contributed by atoms with Crippen molar-refractivity contribution in [3.05, 3.63) is 51.3 Å². The van der Waals surface area contributed by atoms with Crippen LogP contribution in [0.15, 0.2) is 50.8 Å². The molecule has 10 heteroatoms. The van der Waals surface area contributed by atoms with Crippen LogP contribution in [-0.4, -0.2) is 61.9 Å². The highest BCUT2D eigenvalue weighted by Crippen LogP contribution is 2.39. The van der Waals surface area contributed by atoms with Crippen molar-refractivity contribution in [3.63, 3.8) is 0 Å². The molecule has 0 unspecified atom stereocenters. The Morgan fingerprint density at radius 3 is 2.45 bits per heavy atom. The smallest absolute Gasteiger partial charge is 0.343 e. The number of amides is 1. The van der Waals surface area contributed by atoms with Gasteiger partial charge >= 0.3 is 5.97 Å². The van der Waals surface area contributed by atoms with Crippen molar-refractivity contribution < 1.29 is 23.8 Å². The number of methoxy groups -OCH3 is 1. The summed E-state index contributed by atoms with van der Waals surface area (Å²) in [5.41, 5.74) is 2.77. The number of esters is 1. The molecule has 202 valence electrons. The Balaban J connectivity index is 1.56. The Bertz CT molecular complexity index is 1230. The maximum atomic E-state index is 13.2. The van der Waals surface area contributed by atoms with Crippen LogP contribution in [-0.2, 0) is 14.3 Å². The Kier molecular flexibility index (Phi) is 9.74. The molecule has 0 aliphatic carbocycles. The van der Waals surface area contributed by atoms with Crippen molar-refractivity contribution in [2.45, 2.75) is 33.1 Å². The van der Waals surface area contributed by atoms with Gasteiger partial charge in [0.25, 0.3) is 5.91 Å². The van der Waals surface area contributed by atoms with E-state index in [-0.39, 0.29) is 12.5 Å². The molecular weight excluding hydrogens is 570 g/mol. The summed E-state index contributed by atoms with van der Waals surface area (Å²) >= 11 is 4.91. The van der Waals surface area contributed by atoms with Crippen LogP contribution in [0.4, 0.5) is 11.4 Å². The van der Waals surface area contributed by atoms with Crippen LogP contribution >= 0.6 is 27.7 Å². The van der Waals surface area contributed by atoms with Gasteiger partial charge in [0, 0.05) is 29.8 Å². The van der Waals surface area contributed by atoms with Gasteiger partial charge in [0.1, 0.15) is 0 Å². The van der Waals surface area contributed by atoms with Gasteiger partial charge in [-0.05, 0) is 92.9 Å². The summed E-state index contributed by atoms with van der Waals surface area (Å²) in [6.45, 7) is 6.68. The van der Waals surface area contributed by atoms with Crippen LogP contribution in [0.5, 0.6) is 11.5 Å². The quantitative estimate of drug-likeness (QED) is 0.257. The van der Waals surface area contributed by atoms with E-state index in [2.05, 4.69) is 37.7 Å². The topological polar surface area (TPSA) is 80.7 Å². The third-order valence-corrected chi connectivity index (χ3v) is 7.92. The average Bonchev–Trinajstić information content (AvgIpc) is 3.23. The zero-order valence-electron chi connectivity index (χ0n) is 21.9. The number of carbonyl (C=O) groups excluding carboxylic acids is 2. The van der Waals surface area contributed by atoms with Crippen molar-refractivity contribution in [3.8, 4) is 11.5 Å². The minimum absolute atomic E-state index is 0.0999. The van der Waals surface area contributed by atoms with Crippen LogP contribution in [0.3, 0.4) is 0 Å². The molecular formula is C28H32BrN3O5S. The Morgan fingerprint density at radius 2 is 1.79 bits per heavy atom. The number of aliphatic imine (C=N–C) groups is 1. The summed E-state index contributed by atoms with van der Waals surface area (Å²) in [7, 11) is 1.30. The van der Waals surface area contributed by atoms with Gasteiger partial charge in [-0.3, -0.25) is 9.69 Å². The van der Waals surface area contributed by atoms with E-state index in [0.717, 1.165) is 24.3 Å². The molecule has 2 aliphatic rings. The summed E-state index contributed by atoms with van der Waals surface area (Å²) in [5, 5.41) is 0.647. The molecule has 0 atom stereocenters. The van der Waals surface area contributed by atoms with E-state index in [1.165, 1.54) is 43.8 Å². The zero-order valence-corrected chi connectivity index (χ0v) is 24.3. The predicted molar refractivity (Wildman–Crippen MR) is 155 cm³/mol. The highest BCUT2D eigenvalue weighted by Gasteiger charge is 2.32. The molecule has 0 spiro atoms. The van der Waals surface area contributed by atoms with Gasteiger partial charge in [-0.2, -0.15) is 0 Å². The van der Waals surface area contributed by atoms with Crippen molar-refractivity contribution >= 4 is 62.2 Å². The number of carbonyl (C=O) groups is 2. The molecule has 0 bridgehead atoms. The van der Waals surface area contributed by atoms with E-state index in [4.69, 9.17) is 14.5 Å². The van der Waals surface area contributed by atoms with E-state index < -0.39 is 5.97 Å². The second-order valence-corrected chi connectivity index (χ2v) is 10.6. The lowest BCUT2D eigenvalue weighted by molar-refractivity contribution is -0.142. The number of benzene rings is 2. The fraction of sp³-hybridized carbons (Fsp3) is 0.393. The maximum absolute atomic E-state index is 13.2. The fourth-order valence-electron chi connectivity index (χ4n) is 4.25. The number of halogens is 1. The first-order chi connectivity index (χ1) is 18.4. The number of thioether (sulfide) groups is 1. The average molecular weight is 603 g/mol. The third-order valence-electron chi connectivity index (χ3n) is 6.22. The lowest BCUT2D eigenvalue weighted by Crippen LogP contribution is -2.29. The minimum atomic E-state index is -0.490. The van der Waals surface area contributed by atoms with E-state index in [1.54, 1.807) is 17.0 Å². The number of nitrogens with zero attached hydrogens (tertiary/aromatic N) is 3. The summed E-state index contributed by atoms with van der Waals surface area (Å²) < 4.78 is 16.7. The Labute approximate surface area is 236 Å². The fourth-order valence-corrected chi connectivity index (χ4v) is 5.74. The number of likely N-dealkylation sites (N-methyl/N-ethyl adjacent to an activating group) is 1. The Hall–Kier alpha value is -2.98. The minimum Gasteiger partial charge on any atom is -0.490 e. The molecule has 2 aromatic carbocycles. The van der Waals surface area contributed by atoms with Crippen molar-refractivity contribution in [1.29, 1.82) is 0 Å². The summed E-state index contributed by atoms with van der Waals surface area (Å²) in [5.74, 6) is 0.284. The van der Waals surface area contributed by atoms with Crippen LogP contribution in [0, 0.1) is 0 Å². The summed E-state index contributed by atoms with van der Waals surface area (Å²) in [6.07, 6.45) is 5.57. The molecule has 1 amide bonds. The molecule has 2 aromatic rings. The first-order valence-corrected chi connectivity index (χ1v) is 14.4. The number of piperidine rings is 1. The van der Waals surface area contributed by atoms with Crippen LogP contribution in [0.2, 0.25) is 0 Å². The molecule has 2 aliphatic heterocycles. The van der Waals surface area contributed by atoms with Crippen LogP contribution in [0.25, 0.3) is 6.08 Å². The predicted octanol–water partition coefficient (Wildman–Crippen LogP) is 6.01. The lowest BCUT2D eigenvalue weighted by atomic mass is 10.1. The van der Waals surface area contributed by atoms with E-state index in [1.807, 2.05) is 32.1 Å². The summed E-state index contributed by atoms with van der Waals surface area (Å²) in [4.78, 5) is 34.2. The van der Waals surface area contributed by atoms with Crippen LogP contribution in [0.1, 0.15) is 38.7 Å². The second kappa shape index (κ2) is 13.2. The molecule has 0 N–H and O–H groups in total. The van der Waals surface area contributed by atoms with Gasteiger partial charge in [0.05, 0.1) is 24.3 Å². The molecule has 0 saturated carbocycles. The molecule has 4 rings (SSSR count). The van der Waals surface area contributed by atoms with Gasteiger partial charge in [-0.15, -0.1) is 0 Å². The first-order valence-electron chi connectivity index (χ1n) is 12.7. The van der Waals surface area contributed by atoms with Crippen molar-refractivity contribution in [1.82, 2.24) is 4.90 Å². The number of rotatable bonds is 9. The summed E-state index contributed by atoms with van der Waals surface area (Å²) in [6, 6.07) is 11.7. The van der Waals surface area contributed by atoms with Crippen LogP contribution < -0.4 is 14.4 Å². The molecule has 2 saturated heterocycles. The first kappa shape index (κ1) is 28.0. The van der Waals surface area contributed by atoms with Gasteiger partial charge in [0.2, 0.25) is 0 Å². The zero-order chi connectivity index (χ0) is 27.1. The third kappa shape index (κ3) is 6.71. The molecule has 0 radical (unpaired) electrons. The lowest BCUT2D eigenvalue weighted by Gasteiger charge is -2.28. The highest BCUT2D eigenvalue weighted by atomic mass is 79.9. The van der Waals surface area contributed by atoms with Gasteiger partial charge in [0.15, 0.2) is 23.3 Å².